The summed E-state index contributed by atoms with van der Waals surface area (Å²) in [6.45, 7) is 1.49. The molecule has 1 aromatic heterocycles. The van der Waals surface area contributed by atoms with Gasteiger partial charge >= 0.3 is 5.97 Å². The monoisotopic (exact) mass is 271 g/mol. The molecule has 2 rings (SSSR count). The fourth-order valence-corrected chi connectivity index (χ4v) is 2.76. The number of ketones is 1. The summed E-state index contributed by atoms with van der Waals surface area (Å²) < 4.78 is 30.1. The van der Waals surface area contributed by atoms with Gasteiger partial charge in [0.2, 0.25) is 11.0 Å². The second kappa shape index (κ2) is 4.33. The van der Waals surface area contributed by atoms with Crippen LogP contribution in [0.25, 0.3) is 0 Å². The van der Waals surface area contributed by atoms with Gasteiger partial charge in [-0.1, -0.05) is 0 Å². The van der Waals surface area contributed by atoms with Gasteiger partial charge in [-0.15, -0.1) is 0 Å². The standard InChI is InChI=1S/C9H9N3O5S/c1-2-17-9(14)7-6(13)5-8(11-4-3-10-5)12-18(7,15)16/h3-4,7H,2H2,1H3,(H,11,12). The second-order valence-corrected chi connectivity index (χ2v) is 5.16. The molecule has 0 fully saturated rings. The number of anilines is 1. The Kier molecular flexibility index (Phi) is 2.99. The van der Waals surface area contributed by atoms with Crippen molar-refractivity contribution in [2.75, 3.05) is 11.3 Å². The van der Waals surface area contributed by atoms with Crippen molar-refractivity contribution in [3.63, 3.8) is 0 Å². The number of nitrogens with one attached hydrogen (secondary N) is 1. The van der Waals surface area contributed by atoms with Crippen molar-refractivity contribution in [1.29, 1.82) is 0 Å². The summed E-state index contributed by atoms with van der Waals surface area (Å²) in [5.41, 5.74) is -0.189. The van der Waals surface area contributed by atoms with Gasteiger partial charge < -0.3 is 4.74 Å². The van der Waals surface area contributed by atoms with E-state index in [1.165, 1.54) is 19.3 Å². The predicted octanol–water partition coefficient (Wildman–Crippen LogP) is -0.654. The lowest BCUT2D eigenvalue weighted by molar-refractivity contribution is -0.141. The molecule has 8 nitrogen and oxygen atoms in total. The van der Waals surface area contributed by atoms with Gasteiger partial charge in [-0.25, -0.2) is 18.4 Å². The molecule has 0 spiro atoms. The first kappa shape index (κ1) is 12.4. The van der Waals surface area contributed by atoms with Crippen LogP contribution in [0.1, 0.15) is 17.4 Å². The molecule has 0 saturated carbocycles. The topological polar surface area (TPSA) is 115 Å². The van der Waals surface area contributed by atoms with Crippen LogP contribution in [0, 0.1) is 0 Å². The molecule has 1 unspecified atom stereocenters. The number of carbonyl (C=O) groups excluding carboxylic acids is 2. The summed E-state index contributed by atoms with van der Waals surface area (Å²) in [5, 5.41) is -1.93. The number of hydrogen-bond acceptors (Lipinski definition) is 7. The van der Waals surface area contributed by atoms with E-state index in [0.29, 0.717) is 0 Å². The van der Waals surface area contributed by atoms with E-state index in [1.54, 1.807) is 0 Å². The summed E-state index contributed by atoms with van der Waals surface area (Å²) in [6, 6.07) is 0. The molecule has 1 atom stereocenters. The Balaban J connectivity index is 2.50. The zero-order valence-electron chi connectivity index (χ0n) is 9.28. The van der Waals surface area contributed by atoms with Crippen molar-refractivity contribution in [1.82, 2.24) is 9.97 Å². The quantitative estimate of drug-likeness (QED) is 0.561. The molecular formula is C9H9N3O5S. The number of fused-ring (bicyclic) bond motifs is 1. The Morgan fingerprint density at radius 3 is 2.78 bits per heavy atom. The second-order valence-electron chi connectivity index (χ2n) is 3.40. The maximum Gasteiger partial charge on any atom is 0.334 e. The molecule has 0 bridgehead atoms. The highest BCUT2D eigenvalue weighted by molar-refractivity contribution is 7.95. The predicted molar refractivity (Wildman–Crippen MR) is 59.3 cm³/mol. The van der Waals surface area contributed by atoms with E-state index in [2.05, 4.69) is 14.7 Å². The minimum atomic E-state index is -4.18. The number of aromatic nitrogens is 2. The fraction of sp³-hybridized carbons (Fsp3) is 0.333. The van der Waals surface area contributed by atoms with Gasteiger partial charge in [0.25, 0.3) is 10.0 Å². The third kappa shape index (κ3) is 1.92. The third-order valence-electron chi connectivity index (χ3n) is 2.22. The molecule has 96 valence electrons. The van der Waals surface area contributed by atoms with Crippen molar-refractivity contribution in [2.45, 2.75) is 12.2 Å². The Bertz CT molecular complexity index is 612. The molecular weight excluding hydrogens is 262 g/mol. The molecule has 1 aliphatic rings. The molecule has 2 heterocycles. The Morgan fingerprint density at radius 2 is 2.11 bits per heavy atom. The maximum absolute atomic E-state index is 11.9. The average molecular weight is 271 g/mol. The molecule has 18 heavy (non-hydrogen) atoms. The van der Waals surface area contributed by atoms with Crippen LogP contribution < -0.4 is 4.72 Å². The van der Waals surface area contributed by atoms with Crippen LogP contribution >= 0.6 is 0 Å². The highest BCUT2D eigenvalue weighted by Gasteiger charge is 2.47. The Hall–Kier alpha value is -2.03. The largest absolute Gasteiger partial charge is 0.465 e. The highest BCUT2D eigenvalue weighted by Crippen LogP contribution is 2.23. The fourth-order valence-electron chi connectivity index (χ4n) is 1.50. The van der Waals surface area contributed by atoms with Gasteiger partial charge in [0.05, 0.1) is 6.61 Å². The summed E-state index contributed by atoms with van der Waals surface area (Å²) in [4.78, 5) is 30.8. The summed E-state index contributed by atoms with van der Waals surface area (Å²) in [6.07, 6.45) is 2.47. The number of esters is 1. The molecule has 0 aromatic carbocycles. The van der Waals surface area contributed by atoms with E-state index in [1.807, 2.05) is 4.72 Å². The zero-order chi connectivity index (χ0) is 13.3. The lowest BCUT2D eigenvalue weighted by Crippen LogP contribution is -2.46. The van der Waals surface area contributed by atoms with Crippen molar-refractivity contribution in [2.24, 2.45) is 0 Å². The molecule has 0 radical (unpaired) electrons. The number of Topliss-reactive ketones (excluding diaryl/α,β-unsaturated/α-hetero) is 1. The van der Waals surface area contributed by atoms with Crippen molar-refractivity contribution >= 4 is 27.6 Å². The van der Waals surface area contributed by atoms with Gasteiger partial charge in [0.15, 0.2) is 11.5 Å². The van der Waals surface area contributed by atoms with Gasteiger partial charge in [-0.2, -0.15) is 0 Å². The first-order valence-electron chi connectivity index (χ1n) is 5.01. The Morgan fingerprint density at radius 1 is 1.44 bits per heavy atom. The SMILES string of the molecule is CCOC(=O)C1C(=O)c2nccnc2NS1(=O)=O. The maximum atomic E-state index is 11.9. The third-order valence-corrected chi connectivity index (χ3v) is 3.72. The van der Waals surface area contributed by atoms with Crippen LogP contribution in [-0.2, 0) is 19.6 Å². The number of nitrogens with zero attached hydrogens (tertiary/aromatic N) is 2. The summed E-state index contributed by atoms with van der Waals surface area (Å²) in [5.74, 6) is -2.23. The molecule has 1 aromatic rings. The van der Waals surface area contributed by atoms with Crippen LogP contribution in [0.2, 0.25) is 0 Å². The van der Waals surface area contributed by atoms with E-state index < -0.39 is 27.0 Å². The van der Waals surface area contributed by atoms with E-state index >= 15 is 0 Å². The normalized spacial score (nSPS) is 20.7. The van der Waals surface area contributed by atoms with E-state index in [-0.39, 0.29) is 18.1 Å². The van der Waals surface area contributed by atoms with Gasteiger partial charge in [0, 0.05) is 12.4 Å². The number of ether oxygens (including phenoxy) is 1. The minimum absolute atomic E-state index is 0.0224. The Labute approximate surface area is 102 Å². The number of sulfonamides is 1. The van der Waals surface area contributed by atoms with Gasteiger partial charge in [0.1, 0.15) is 0 Å². The number of rotatable bonds is 2. The highest BCUT2D eigenvalue weighted by atomic mass is 32.2. The minimum Gasteiger partial charge on any atom is -0.465 e. The van der Waals surface area contributed by atoms with Crippen molar-refractivity contribution in [3.05, 3.63) is 18.1 Å². The lowest BCUT2D eigenvalue weighted by Gasteiger charge is -2.21. The lowest BCUT2D eigenvalue weighted by atomic mass is 10.2. The molecule has 0 saturated heterocycles. The van der Waals surface area contributed by atoms with E-state index in [0.717, 1.165) is 0 Å². The van der Waals surface area contributed by atoms with Crippen molar-refractivity contribution < 1.29 is 22.7 Å². The first-order valence-corrected chi connectivity index (χ1v) is 6.55. The zero-order valence-corrected chi connectivity index (χ0v) is 10.1. The van der Waals surface area contributed by atoms with Crippen LogP contribution in [0.5, 0.6) is 0 Å². The smallest absolute Gasteiger partial charge is 0.334 e. The molecule has 1 N–H and O–H groups in total. The molecule has 1 aliphatic heterocycles. The molecule has 0 amide bonds. The van der Waals surface area contributed by atoms with Crippen molar-refractivity contribution in [3.8, 4) is 0 Å². The first-order chi connectivity index (χ1) is 8.47. The number of hydrogen-bond donors (Lipinski definition) is 1. The molecule has 9 heteroatoms. The van der Waals surface area contributed by atoms with Crippen LogP contribution in [-0.4, -0.2) is 42.0 Å². The summed E-state index contributed by atoms with van der Waals surface area (Å²) in [7, 11) is -4.18. The van der Waals surface area contributed by atoms with Gasteiger partial charge in [-0.05, 0) is 6.92 Å². The van der Waals surface area contributed by atoms with Gasteiger partial charge in [-0.3, -0.25) is 14.3 Å². The van der Waals surface area contributed by atoms with Crippen LogP contribution in [0.15, 0.2) is 12.4 Å². The van der Waals surface area contributed by atoms with Crippen LogP contribution in [0.3, 0.4) is 0 Å². The van der Waals surface area contributed by atoms with E-state index in [4.69, 9.17) is 0 Å². The molecule has 0 aliphatic carbocycles. The number of carbonyl (C=O) groups is 2. The van der Waals surface area contributed by atoms with E-state index in [9.17, 15) is 18.0 Å². The average Bonchev–Trinajstić information content (AvgIpc) is 2.28. The summed E-state index contributed by atoms with van der Waals surface area (Å²) >= 11 is 0. The van der Waals surface area contributed by atoms with Crippen LogP contribution in [0.4, 0.5) is 5.82 Å².